The third-order valence-electron chi connectivity index (χ3n) is 3.45. The molecule has 0 unspecified atom stereocenters. The third-order valence-corrected chi connectivity index (χ3v) is 3.85. The van der Waals surface area contributed by atoms with E-state index in [1.807, 2.05) is 0 Å². The highest BCUT2D eigenvalue weighted by Gasteiger charge is 2.40. The van der Waals surface area contributed by atoms with E-state index in [2.05, 4.69) is 0 Å². The summed E-state index contributed by atoms with van der Waals surface area (Å²) >= 11 is 5.51. The summed E-state index contributed by atoms with van der Waals surface area (Å²) in [4.78, 5) is 12.3. The molecule has 11 heteroatoms. The molecule has 27 heavy (non-hydrogen) atoms. The van der Waals surface area contributed by atoms with E-state index in [0.717, 1.165) is 12.1 Å². The number of hydrogen-bond acceptors (Lipinski definition) is 1. The molecular weight excluding hydrogens is 415 g/mol. The Balaban J connectivity index is 2.67. The largest absolute Gasteiger partial charge is 0.417 e. The second-order valence-electron chi connectivity index (χ2n) is 5.25. The topological polar surface area (TPSA) is 17.1 Å². The molecule has 0 heterocycles. The van der Waals surface area contributed by atoms with E-state index in [1.165, 1.54) is 0 Å². The van der Waals surface area contributed by atoms with Gasteiger partial charge in [-0.2, -0.15) is 39.5 Å². The standard InChI is InChI=1S/C16H6ClF9O/c17-12-9(2-1-3-10(12)15(21,22)23)13(27)8-5-4-7(14(18,19)20)6-11(8)16(24,25)26/h1-6H. The minimum atomic E-state index is -5.36. The molecule has 0 N–H and O–H groups in total. The molecular formula is C16H6ClF9O. The molecule has 2 aromatic rings. The summed E-state index contributed by atoms with van der Waals surface area (Å²) in [6, 6.07) is 2.21. The van der Waals surface area contributed by atoms with Gasteiger partial charge in [0, 0.05) is 11.1 Å². The summed E-state index contributed by atoms with van der Waals surface area (Å²) < 4.78 is 116. The van der Waals surface area contributed by atoms with Crippen LogP contribution in [0.25, 0.3) is 0 Å². The maximum atomic E-state index is 13.1. The van der Waals surface area contributed by atoms with Crippen LogP contribution >= 0.6 is 11.6 Å². The molecule has 0 amide bonds. The van der Waals surface area contributed by atoms with Crippen molar-refractivity contribution >= 4 is 17.4 Å². The first-order chi connectivity index (χ1) is 12.1. The lowest BCUT2D eigenvalue weighted by Crippen LogP contribution is -2.17. The average Bonchev–Trinajstić information content (AvgIpc) is 2.51. The zero-order valence-corrected chi connectivity index (χ0v) is 13.4. The molecule has 2 aromatic carbocycles. The van der Waals surface area contributed by atoms with Crippen LogP contribution in [0.1, 0.15) is 32.6 Å². The molecule has 0 atom stereocenters. The number of rotatable bonds is 2. The van der Waals surface area contributed by atoms with Crippen LogP contribution in [0.3, 0.4) is 0 Å². The molecule has 0 aliphatic rings. The van der Waals surface area contributed by atoms with Crippen molar-refractivity contribution in [2.24, 2.45) is 0 Å². The first-order valence-electron chi connectivity index (χ1n) is 6.83. The predicted octanol–water partition coefficient (Wildman–Crippen LogP) is 6.63. The van der Waals surface area contributed by atoms with Crippen molar-refractivity contribution in [1.29, 1.82) is 0 Å². The minimum Gasteiger partial charge on any atom is -0.289 e. The lowest BCUT2D eigenvalue weighted by Gasteiger charge is -2.16. The fraction of sp³-hybridized carbons (Fsp3) is 0.188. The van der Waals surface area contributed by atoms with Crippen molar-refractivity contribution in [1.82, 2.24) is 0 Å². The SMILES string of the molecule is O=C(c1ccc(C(F)(F)F)cc1C(F)(F)F)c1cccc(C(F)(F)F)c1Cl. The van der Waals surface area contributed by atoms with Gasteiger partial charge in [0.2, 0.25) is 0 Å². The fourth-order valence-corrected chi connectivity index (χ4v) is 2.54. The second kappa shape index (κ2) is 6.74. The van der Waals surface area contributed by atoms with Gasteiger partial charge in [0.15, 0.2) is 5.78 Å². The molecule has 2 rings (SSSR count). The van der Waals surface area contributed by atoms with Gasteiger partial charge in [-0.1, -0.05) is 17.7 Å². The summed E-state index contributed by atoms with van der Waals surface area (Å²) in [7, 11) is 0. The first kappa shape index (κ1) is 21.1. The van der Waals surface area contributed by atoms with Crippen LogP contribution in [0.5, 0.6) is 0 Å². The Bertz CT molecular complexity index is 879. The van der Waals surface area contributed by atoms with Crippen LogP contribution in [0.2, 0.25) is 5.02 Å². The molecule has 1 nitrogen and oxygen atoms in total. The fourth-order valence-electron chi connectivity index (χ4n) is 2.22. The number of carbonyl (C=O) groups is 1. The van der Waals surface area contributed by atoms with Gasteiger partial charge in [0.05, 0.1) is 21.7 Å². The summed E-state index contributed by atoms with van der Waals surface area (Å²) in [6.07, 6.45) is -15.5. The molecule has 0 aromatic heterocycles. The van der Waals surface area contributed by atoms with Gasteiger partial charge in [-0.05, 0) is 30.3 Å². The highest BCUT2D eigenvalue weighted by atomic mass is 35.5. The minimum absolute atomic E-state index is 0.226. The molecule has 0 aliphatic carbocycles. The molecule has 0 fully saturated rings. The Hall–Kier alpha value is -2.23. The van der Waals surface area contributed by atoms with Crippen molar-refractivity contribution in [3.63, 3.8) is 0 Å². The van der Waals surface area contributed by atoms with Crippen molar-refractivity contribution in [2.75, 3.05) is 0 Å². The second-order valence-corrected chi connectivity index (χ2v) is 5.63. The quantitative estimate of drug-likeness (QED) is 0.394. The van der Waals surface area contributed by atoms with E-state index in [1.54, 1.807) is 0 Å². The van der Waals surface area contributed by atoms with Gasteiger partial charge in [-0.15, -0.1) is 0 Å². The van der Waals surface area contributed by atoms with Gasteiger partial charge in [0.1, 0.15) is 0 Å². The zero-order chi connectivity index (χ0) is 20.8. The van der Waals surface area contributed by atoms with Crippen LogP contribution in [0, 0.1) is 0 Å². The Kier molecular flexibility index (Phi) is 5.26. The number of carbonyl (C=O) groups excluding carboxylic acids is 1. The third kappa shape index (κ3) is 4.37. The van der Waals surface area contributed by atoms with E-state index >= 15 is 0 Å². The Morgan fingerprint density at radius 2 is 1.26 bits per heavy atom. The Labute approximate surface area is 150 Å². The number of hydrogen-bond donors (Lipinski definition) is 0. The number of alkyl halides is 9. The van der Waals surface area contributed by atoms with Crippen LogP contribution < -0.4 is 0 Å². The van der Waals surface area contributed by atoms with E-state index in [4.69, 9.17) is 11.6 Å². The number of ketones is 1. The van der Waals surface area contributed by atoms with E-state index in [-0.39, 0.29) is 18.2 Å². The van der Waals surface area contributed by atoms with Crippen LogP contribution in [0.15, 0.2) is 36.4 Å². The Morgan fingerprint density at radius 1 is 0.704 bits per heavy atom. The first-order valence-corrected chi connectivity index (χ1v) is 7.20. The summed E-state index contributed by atoms with van der Waals surface area (Å²) in [5.41, 5.74) is -7.23. The maximum Gasteiger partial charge on any atom is 0.417 e. The molecule has 0 radical (unpaired) electrons. The molecule has 0 aliphatic heterocycles. The predicted molar refractivity (Wildman–Crippen MR) is 76.3 cm³/mol. The van der Waals surface area contributed by atoms with Gasteiger partial charge in [0.25, 0.3) is 0 Å². The van der Waals surface area contributed by atoms with Crippen LogP contribution in [-0.4, -0.2) is 5.78 Å². The summed E-state index contributed by atoms with van der Waals surface area (Å²) in [5, 5.41) is -1.15. The molecule has 0 saturated carbocycles. The number of halogens is 10. The molecule has 0 saturated heterocycles. The average molecular weight is 421 g/mol. The maximum absolute atomic E-state index is 13.1. The van der Waals surface area contributed by atoms with Crippen molar-refractivity contribution in [2.45, 2.75) is 18.5 Å². The smallest absolute Gasteiger partial charge is 0.289 e. The summed E-state index contributed by atoms with van der Waals surface area (Å²) in [6.45, 7) is 0. The highest BCUT2D eigenvalue weighted by molar-refractivity contribution is 6.35. The van der Waals surface area contributed by atoms with E-state index in [0.29, 0.717) is 6.07 Å². The molecule has 0 spiro atoms. The lowest BCUT2D eigenvalue weighted by molar-refractivity contribution is -0.143. The van der Waals surface area contributed by atoms with Gasteiger partial charge in [-0.3, -0.25) is 4.79 Å². The van der Waals surface area contributed by atoms with Crippen LogP contribution in [-0.2, 0) is 18.5 Å². The van der Waals surface area contributed by atoms with Crippen molar-refractivity contribution in [3.05, 3.63) is 69.2 Å². The highest BCUT2D eigenvalue weighted by Crippen LogP contribution is 2.40. The van der Waals surface area contributed by atoms with Crippen molar-refractivity contribution in [3.8, 4) is 0 Å². The normalized spacial score (nSPS) is 13.0. The van der Waals surface area contributed by atoms with Crippen LogP contribution in [0.4, 0.5) is 39.5 Å². The van der Waals surface area contributed by atoms with Gasteiger partial charge >= 0.3 is 18.5 Å². The van der Waals surface area contributed by atoms with Crippen molar-refractivity contribution < 1.29 is 44.3 Å². The Morgan fingerprint density at radius 3 is 1.74 bits per heavy atom. The summed E-state index contributed by atoms with van der Waals surface area (Å²) in [5.74, 6) is -1.59. The lowest BCUT2D eigenvalue weighted by atomic mass is 9.95. The van der Waals surface area contributed by atoms with E-state index in [9.17, 15) is 44.3 Å². The molecule has 0 bridgehead atoms. The number of benzene rings is 2. The zero-order valence-electron chi connectivity index (χ0n) is 12.7. The van der Waals surface area contributed by atoms with Gasteiger partial charge < -0.3 is 0 Å². The monoisotopic (exact) mass is 420 g/mol. The molecule has 146 valence electrons. The van der Waals surface area contributed by atoms with E-state index < -0.39 is 57.2 Å². The van der Waals surface area contributed by atoms with Gasteiger partial charge in [-0.25, -0.2) is 0 Å².